The molecule has 0 aromatic carbocycles. The van der Waals surface area contributed by atoms with E-state index in [1.807, 2.05) is 36.9 Å². The lowest BCUT2D eigenvalue weighted by molar-refractivity contribution is -0.138. The Hall–Kier alpha value is -1.49. The minimum atomic E-state index is -0.630. The molecule has 0 radical (unpaired) electrons. The maximum Gasteiger partial charge on any atom is 0.235 e. The topological polar surface area (TPSA) is 59.2 Å². The highest BCUT2D eigenvalue weighted by atomic mass is 32.1. The number of hydrogen-bond donors (Lipinski definition) is 1. The Labute approximate surface area is 131 Å². The van der Waals surface area contributed by atoms with Crippen LogP contribution in [0.25, 0.3) is 0 Å². The van der Waals surface area contributed by atoms with Crippen LogP contribution in [-0.2, 0) is 11.3 Å². The van der Waals surface area contributed by atoms with Gasteiger partial charge in [-0.2, -0.15) is 0 Å². The van der Waals surface area contributed by atoms with E-state index in [1.165, 1.54) is 0 Å². The summed E-state index contributed by atoms with van der Waals surface area (Å²) < 4.78 is 0. The predicted octanol–water partition coefficient (Wildman–Crippen LogP) is 2.59. The smallest absolute Gasteiger partial charge is 0.235 e. The molecule has 1 heterocycles. The minimum Gasteiger partial charge on any atom is -0.392 e. The first kappa shape index (κ1) is 15.9. The van der Waals surface area contributed by atoms with Crippen LogP contribution in [0.1, 0.15) is 44.0 Å². The van der Waals surface area contributed by atoms with Crippen LogP contribution in [0, 0.1) is 12.3 Å². The van der Waals surface area contributed by atoms with Crippen molar-refractivity contribution in [2.75, 3.05) is 6.54 Å². The second kappa shape index (κ2) is 6.52. The van der Waals surface area contributed by atoms with Gasteiger partial charge in [0.05, 0.1) is 22.6 Å². The lowest BCUT2D eigenvalue weighted by Crippen LogP contribution is -2.49. The molecule has 0 saturated heterocycles. The van der Waals surface area contributed by atoms with Crippen LogP contribution in [0.2, 0.25) is 0 Å². The average molecular weight is 305 g/mol. The van der Waals surface area contributed by atoms with Crippen molar-refractivity contribution in [1.82, 2.24) is 9.88 Å². The molecule has 21 heavy (non-hydrogen) atoms. The number of thiocarbonyl (C=S) groups is 1. The zero-order valence-corrected chi connectivity index (χ0v) is 13.6. The van der Waals surface area contributed by atoms with Crippen molar-refractivity contribution in [3.05, 3.63) is 29.6 Å². The predicted molar refractivity (Wildman–Crippen MR) is 87.8 cm³/mol. The van der Waals surface area contributed by atoms with Crippen LogP contribution in [0.4, 0.5) is 0 Å². The molecule has 2 rings (SSSR count). The summed E-state index contributed by atoms with van der Waals surface area (Å²) in [6.07, 6.45) is 3.59. The third-order valence-corrected chi connectivity index (χ3v) is 4.70. The molecule has 2 N–H and O–H groups in total. The molecule has 1 aliphatic rings. The molecular formula is C16H23N3OS. The highest BCUT2D eigenvalue weighted by Crippen LogP contribution is 2.40. The van der Waals surface area contributed by atoms with Crippen molar-refractivity contribution in [3.63, 3.8) is 0 Å². The number of carbonyl (C=O) groups excluding carboxylic acids is 1. The van der Waals surface area contributed by atoms with E-state index in [4.69, 9.17) is 18.0 Å². The first-order chi connectivity index (χ1) is 9.99. The number of pyridine rings is 1. The molecule has 5 heteroatoms. The Morgan fingerprint density at radius 2 is 2.10 bits per heavy atom. The van der Waals surface area contributed by atoms with Gasteiger partial charge in [-0.3, -0.25) is 9.78 Å². The Kier molecular flexibility index (Phi) is 4.93. The van der Waals surface area contributed by atoms with Gasteiger partial charge in [0.2, 0.25) is 5.91 Å². The first-order valence-electron chi connectivity index (χ1n) is 7.51. The van der Waals surface area contributed by atoms with Gasteiger partial charge in [-0.05, 0) is 38.8 Å². The summed E-state index contributed by atoms with van der Waals surface area (Å²) in [6, 6.07) is 5.87. The van der Waals surface area contributed by atoms with Gasteiger partial charge in [-0.25, -0.2) is 0 Å². The molecule has 1 fully saturated rings. The fourth-order valence-corrected chi connectivity index (χ4v) is 3.35. The Bertz CT molecular complexity index is 538. The van der Waals surface area contributed by atoms with Gasteiger partial charge >= 0.3 is 0 Å². The van der Waals surface area contributed by atoms with Gasteiger partial charge in [0, 0.05) is 12.2 Å². The average Bonchev–Trinajstić information content (AvgIpc) is 2.95. The fourth-order valence-electron chi connectivity index (χ4n) is 3.06. The maximum absolute atomic E-state index is 13.0. The molecule has 0 aliphatic heterocycles. The van der Waals surface area contributed by atoms with Crippen LogP contribution >= 0.6 is 12.2 Å². The molecule has 1 saturated carbocycles. The SMILES string of the molecule is CCN(Cc1cccc(C)n1)C(=O)C1(C(N)=S)CCCC1. The van der Waals surface area contributed by atoms with Crippen molar-refractivity contribution in [2.24, 2.45) is 11.1 Å². The summed E-state index contributed by atoms with van der Waals surface area (Å²) in [5.74, 6) is 0.0679. The van der Waals surface area contributed by atoms with E-state index in [1.54, 1.807) is 0 Å². The Morgan fingerprint density at radius 1 is 1.43 bits per heavy atom. The summed E-state index contributed by atoms with van der Waals surface area (Å²) in [6.45, 7) is 5.09. The lowest BCUT2D eigenvalue weighted by atomic mass is 9.84. The third-order valence-electron chi connectivity index (χ3n) is 4.31. The van der Waals surface area contributed by atoms with Gasteiger partial charge in [0.15, 0.2) is 0 Å². The second-order valence-electron chi connectivity index (χ2n) is 5.74. The molecule has 1 aromatic rings. The van der Waals surface area contributed by atoms with Gasteiger partial charge in [0.25, 0.3) is 0 Å². The van der Waals surface area contributed by atoms with E-state index in [9.17, 15) is 4.79 Å². The third kappa shape index (κ3) is 3.23. The molecule has 1 aliphatic carbocycles. The summed E-state index contributed by atoms with van der Waals surface area (Å²) in [4.78, 5) is 19.6. The standard InChI is InChI=1S/C16H23N3OS/c1-3-19(11-13-8-6-7-12(2)18-13)15(20)16(14(17)21)9-4-5-10-16/h6-8H,3-5,9-11H2,1-2H3,(H2,17,21). The fraction of sp³-hybridized carbons (Fsp3) is 0.562. The molecule has 114 valence electrons. The van der Waals surface area contributed by atoms with E-state index >= 15 is 0 Å². The van der Waals surface area contributed by atoms with Gasteiger partial charge in [0.1, 0.15) is 0 Å². The van der Waals surface area contributed by atoms with Crippen LogP contribution in [-0.4, -0.2) is 27.3 Å². The lowest BCUT2D eigenvalue weighted by Gasteiger charge is -2.33. The Balaban J connectivity index is 2.20. The zero-order chi connectivity index (χ0) is 15.5. The summed E-state index contributed by atoms with van der Waals surface area (Å²) in [5, 5.41) is 0. The van der Waals surface area contributed by atoms with Crippen molar-refractivity contribution in [3.8, 4) is 0 Å². The summed E-state index contributed by atoms with van der Waals surface area (Å²) in [7, 11) is 0. The molecule has 1 amide bonds. The molecular weight excluding hydrogens is 282 g/mol. The van der Waals surface area contributed by atoms with E-state index in [0.29, 0.717) is 18.1 Å². The number of nitrogens with zero attached hydrogens (tertiary/aromatic N) is 2. The zero-order valence-electron chi connectivity index (χ0n) is 12.8. The van der Waals surface area contributed by atoms with E-state index < -0.39 is 5.41 Å². The monoisotopic (exact) mass is 305 g/mol. The van der Waals surface area contributed by atoms with E-state index in [0.717, 1.165) is 37.1 Å². The number of amides is 1. The molecule has 0 unspecified atom stereocenters. The minimum absolute atomic E-state index is 0.0679. The number of nitrogens with two attached hydrogens (primary N) is 1. The summed E-state index contributed by atoms with van der Waals surface area (Å²) >= 11 is 5.21. The highest BCUT2D eigenvalue weighted by molar-refractivity contribution is 7.80. The van der Waals surface area contributed by atoms with Gasteiger partial charge in [-0.15, -0.1) is 0 Å². The van der Waals surface area contributed by atoms with Crippen molar-refractivity contribution in [2.45, 2.75) is 46.1 Å². The van der Waals surface area contributed by atoms with E-state index in [2.05, 4.69) is 4.98 Å². The molecule has 4 nitrogen and oxygen atoms in total. The largest absolute Gasteiger partial charge is 0.392 e. The number of hydrogen-bond acceptors (Lipinski definition) is 3. The molecule has 1 aromatic heterocycles. The maximum atomic E-state index is 13.0. The first-order valence-corrected chi connectivity index (χ1v) is 7.92. The highest BCUT2D eigenvalue weighted by Gasteiger charge is 2.45. The number of aryl methyl sites for hydroxylation is 1. The van der Waals surface area contributed by atoms with Crippen molar-refractivity contribution in [1.29, 1.82) is 0 Å². The second-order valence-corrected chi connectivity index (χ2v) is 6.18. The number of rotatable bonds is 5. The molecule has 0 atom stereocenters. The quantitative estimate of drug-likeness (QED) is 0.850. The molecule has 0 bridgehead atoms. The van der Waals surface area contributed by atoms with Gasteiger partial charge in [-0.1, -0.05) is 31.1 Å². The number of carbonyl (C=O) groups is 1. The van der Waals surface area contributed by atoms with Gasteiger partial charge < -0.3 is 10.6 Å². The van der Waals surface area contributed by atoms with Crippen LogP contribution in [0.15, 0.2) is 18.2 Å². The van der Waals surface area contributed by atoms with Crippen LogP contribution in [0.5, 0.6) is 0 Å². The number of aromatic nitrogens is 1. The summed E-state index contributed by atoms with van der Waals surface area (Å²) in [5.41, 5.74) is 7.15. The normalized spacial score (nSPS) is 16.7. The van der Waals surface area contributed by atoms with Crippen LogP contribution < -0.4 is 5.73 Å². The molecule has 0 spiro atoms. The van der Waals surface area contributed by atoms with Crippen LogP contribution in [0.3, 0.4) is 0 Å². The van der Waals surface area contributed by atoms with E-state index in [-0.39, 0.29) is 5.91 Å². The van der Waals surface area contributed by atoms with Crippen molar-refractivity contribution < 1.29 is 4.79 Å². The Morgan fingerprint density at radius 3 is 2.62 bits per heavy atom. The van der Waals surface area contributed by atoms with Crippen molar-refractivity contribution >= 4 is 23.1 Å².